The Balaban J connectivity index is 1.86. The molecule has 0 bridgehead atoms. The molecule has 6 heteroatoms. The monoisotopic (exact) mass is 333 g/mol. The molecule has 0 N–H and O–H groups in total. The lowest BCUT2D eigenvalue weighted by atomic mass is 9.83. The van der Waals surface area contributed by atoms with Crippen molar-refractivity contribution < 1.29 is 14.0 Å². The number of piperazine rings is 1. The highest BCUT2D eigenvalue weighted by Crippen LogP contribution is 2.37. The number of carbonyl (C=O) groups is 2. The highest BCUT2D eigenvalue weighted by Gasteiger charge is 2.41. The van der Waals surface area contributed by atoms with Crippen LogP contribution in [0.1, 0.15) is 24.4 Å². The number of halogens is 1. The van der Waals surface area contributed by atoms with Gasteiger partial charge in [-0.1, -0.05) is 12.1 Å². The van der Waals surface area contributed by atoms with Crippen LogP contribution in [0.15, 0.2) is 24.3 Å². The predicted octanol–water partition coefficient (Wildman–Crippen LogP) is 1.51. The van der Waals surface area contributed by atoms with E-state index in [0.29, 0.717) is 31.5 Å². The van der Waals surface area contributed by atoms with E-state index in [9.17, 15) is 14.0 Å². The van der Waals surface area contributed by atoms with Crippen molar-refractivity contribution in [2.75, 3.05) is 40.3 Å². The minimum absolute atomic E-state index is 0.00619. The summed E-state index contributed by atoms with van der Waals surface area (Å²) in [5, 5.41) is 0. The average molecular weight is 333 g/mol. The van der Waals surface area contributed by atoms with E-state index >= 15 is 0 Å². The summed E-state index contributed by atoms with van der Waals surface area (Å²) < 4.78 is 13.7. The molecular weight excluding hydrogens is 309 g/mol. The third kappa shape index (κ3) is 3.29. The average Bonchev–Trinajstić information content (AvgIpc) is 2.57. The van der Waals surface area contributed by atoms with Crippen LogP contribution in [0, 0.1) is 11.7 Å². The van der Waals surface area contributed by atoms with E-state index in [0.717, 1.165) is 13.1 Å². The molecule has 3 rings (SSSR count). The largest absolute Gasteiger partial charge is 0.340 e. The fourth-order valence-corrected chi connectivity index (χ4v) is 3.70. The molecule has 0 spiro atoms. The van der Waals surface area contributed by atoms with Crippen molar-refractivity contribution in [2.24, 2.45) is 5.92 Å². The maximum atomic E-state index is 13.7. The molecule has 1 aromatic carbocycles. The van der Waals surface area contributed by atoms with Gasteiger partial charge < -0.3 is 14.7 Å². The summed E-state index contributed by atoms with van der Waals surface area (Å²) in [6, 6.07) is 5.85. The minimum atomic E-state index is -0.394. The highest BCUT2D eigenvalue weighted by molar-refractivity contribution is 5.85. The summed E-state index contributed by atoms with van der Waals surface area (Å²) >= 11 is 0. The maximum Gasteiger partial charge on any atom is 0.228 e. The Morgan fingerprint density at radius 1 is 1.17 bits per heavy atom. The van der Waals surface area contributed by atoms with Gasteiger partial charge in [0.1, 0.15) is 5.82 Å². The molecule has 2 amide bonds. The highest BCUT2D eigenvalue weighted by atomic mass is 19.1. The third-order valence-electron chi connectivity index (χ3n) is 5.18. The van der Waals surface area contributed by atoms with Gasteiger partial charge in [-0.15, -0.1) is 0 Å². The van der Waals surface area contributed by atoms with Gasteiger partial charge in [-0.3, -0.25) is 9.59 Å². The minimum Gasteiger partial charge on any atom is -0.340 e. The zero-order valence-corrected chi connectivity index (χ0v) is 14.2. The van der Waals surface area contributed by atoms with Gasteiger partial charge in [0.15, 0.2) is 0 Å². The van der Waals surface area contributed by atoms with Crippen LogP contribution in [0.2, 0.25) is 0 Å². The molecule has 130 valence electrons. The van der Waals surface area contributed by atoms with Crippen molar-refractivity contribution >= 4 is 11.8 Å². The molecule has 5 nitrogen and oxygen atoms in total. The number of rotatable bonds is 2. The summed E-state index contributed by atoms with van der Waals surface area (Å²) in [4.78, 5) is 30.9. The quantitative estimate of drug-likeness (QED) is 0.824. The van der Waals surface area contributed by atoms with Gasteiger partial charge >= 0.3 is 0 Å². The summed E-state index contributed by atoms with van der Waals surface area (Å²) in [6.07, 6.45) is 0.891. The first-order valence-corrected chi connectivity index (χ1v) is 8.46. The first-order chi connectivity index (χ1) is 11.5. The first kappa shape index (κ1) is 16.9. The SMILES string of the molecule is CN1CCN(C(=O)[C@H]2CCC(=O)N(C)[C@H]2c2cccc(F)c2)CC1. The van der Waals surface area contributed by atoms with E-state index in [1.807, 2.05) is 11.9 Å². The van der Waals surface area contributed by atoms with Crippen molar-refractivity contribution in [3.05, 3.63) is 35.6 Å². The van der Waals surface area contributed by atoms with Crippen LogP contribution in [0.3, 0.4) is 0 Å². The second-order valence-electron chi connectivity index (χ2n) is 6.78. The van der Waals surface area contributed by atoms with Crippen molar-refractivity contribution in [3.8, 4) is 0 Å². The molecule has 2 aliphatic rings. The molecule has 1 aromatic rings. The Morgan fingerprint density at radius 3 is 2.54 bits per heavy atom. The van der Waals surface area contributed by atoms with Gasteiger partial charge in [0.05, 0.1) is 12.0 Å². The van der Waals surface area contributed by atoms with E-state index in [1.165, 1.54) is 12.1 Å². The number of hydrogen-bond donors (Lipinski definition) is 0. The van der Waals surface area contributed by atoms with Gasteiger partial charge in [0, 0.05) is 39.6 Å². The smallest absolute Gasteiger partial charge is 0.228 e. The molecule has 2 aliphatic heterocycles. The fourth-order valence-electron chi connectivity index (χ4n) is 3.70. The maximum absolute atomic E-state index is 13.7. The lowest BCUT2D eigenvalue weighted by molar-refractivity contribution is -0.147. The molecule has 2 heterocycles. The van der Waals surface area contributed by atoms with E-state index in [2.05, 4.69) is 4.90 Å². The zero-order chi connectivity index (χ0) is 17.3. The van der Waals surface area contributed by atoms with Crippen LogP contribution in [0.5, 0.6) is 0 Å². The number of benzene rings is 1. The normalized spacial score (nSPS) is 25.9. The standard InChI is InChI=1S/C18H24FN3O2/c1-20-8-10-22(11-9-20)18(24)15-6-7-16(23)21(2)17(15)13-4-3-5-14(19)12-13/h3-5,12,15,17H,6-11H2,1-2H3/t15-,17-/m0/s1. The molecule has 2 fully saturated rings. The van der Waals surface area contributed by atoms with E-state index in [1.54, 1.807) is 24.1 Å². The molecule has 0 saturated carbocycles. The Labute approximate surface area is 142 Å². The summed E-state index contributed by atoms with van der Waals surface area (Å²) in [6.45, 7) is 3.13. The Hall–Kier alpha value is -1.95. The van der Waals surface area contributed by atoms with E-state index in [4.69, 9.17) is 0 Å². The molecule has 2 atom stereocenters. The fraction of sp³-hybridized carbons (Fsp3) is 0.556. The Bertz CT molecular complexity index is 628. The summed E-state index contributed by atoms with van der Waals surface area (Å²) in [5.74, 6) is -0.564. The lowest BCUT2D eigenvalue weighted by Crippen LogP contribution is -2.52. The van der Waals surface area contributed by atoms with Crippen LogP contribution in [0.4, 0.5) is 4.39 Å². The van der Waals surface area contributed by atoms with Crippen LogP contribution in [0.25, 0.3) is 0 Å². The van der Waals surface area contributed by atoms with Crippen LogP contribution < -0.4 is 0 Å². The number of likely N-dealkylation sites (N-methyl/N-ethyl adjacent to an activating group) is 1. The van der Waals surface area contributed by atoms with Crippen molar-refractivity contribution in [2.45, 2.75) is 18.9 Å². The van der Waals surface area contributed by atoms with Gasteiger partial charge in [0.2, 0.25) is 11.8 Å². The molecule has 0 radical (unpaired) electrons. The topological polar surface area (TPSA) is 43.9 Å². The first-order valence-electron chi connectivity index (χ1n) is 8.46. The van der Waals surface area contributed by atoms with E-state index < -0.39 is 6.04 Å². The number of hydrogen-bond acceptors (Lipinski definition) is 3. The van der Waals surface area contributed by atoms with Gasteiger partial charge in [-0.05, 0) is 31.2 Å². The number of carbonyl (C=O) groups excluding carboxylic acids is 2. The number of amides is 2. The molecule has 0 aliphatic carbocycles. The molecule has 0 unspecified atom stereocenters. The Kier molecular flexibility index (Phi) is 4.85. The predicted molar refractivity (Wildman–Crippen MR) is 88.7 cm³/mol. The van der Waals surface area contributed by atoms with Crippen LogP contribution >= 0.6 is 0 Å². The zero-order valence-electron chi connectivity index (χ0n) is 14.2. The van der Waals surface area contributed by atoms with Crippen molar-refractivity contribution in [1.82, 2.24) is 14.7 Å². The summed E-state index contributed by atoms with van der Waals surface area (Å²) in [5.41, 5.74) is 0.693. The van der Waals surface area contributed by atoms with Crippen LogP contribution in [-0.2, 0) is 9.59 Å². The van der Waals surface area contributed by atoms with Crippen molar-refractivity contribution in [3.63, 3.8) is 0 Å². The third-order valence-corrected chi connectivity index (χ3v) is 5.18. The molecule has 0 aromatic heterocycles. The molecular formula is C18H24FN3O2. The molecule has 2 saturated heterocycles. The van der Waals surface area contributed by atoms with E-state index in [-0.39, 0.29) is 23.5 Å². The number of nitrogens with zero attached hydrogens (tertiary/aromatic N) is 3. The Morgan fingerprint density at radius 2 is 1.88 bits per heavy atom. The lowest BCUT2D eigenvalue weighted by Gasteiger charge is -2.42. The van der Waals surface area contributed by atoms with Gasteiger partial charge in [-0.2, -0.15) is 0 Å². The second-order valence-corrected chi connectivity index (χ2v) is 6.78. The molecule has 24 heavy (non-hydrogen) atoms. The number of piperidine rings is 1. The summed E-state index contributed by atoms with van der Waals surface area (Å²) in [7, 11) is 3.76. The van der Waals surface area contributed by atoms with Crippen LogP contribution in [-0.4, -0.2) is 66.8 Å². The number of likely N-dealkylation sites (tertiary alicyclic amines) is 1. The van der Waals surface area contributed by atoms with Crippen molar-refractivity contribution in [1.29, 1.82) is 0 Å². The van der Waals surface area contributed by atoms with Gasteiger partial charge in [0.25, 0.3) is 0 Å². The van der Waals surface area contributed by atoms with Gasteiger partial charge in [-0.25, -0.2) is 4.39 Å². The second kappa shape index (κ2) is 6.89.